The van der Waals surface area contributed by atoms with E-state index in [2.05, 4.69) is 27.9 Å². The monoisotopic (exact) mass is 279 g/mol. The summed E-state index contributed by atoms with van der Waals surface area (Å²) in [5, 5.41) is 10.9. The third-order valence-electron chi connectivity index (χ3n) is 4.71. The lowest BCUT2D eigenvalue weighted by Gasteiger charge is -2.24. The summed E-state index contributed by atoms with van der Waals surface area (Å²) >= 11 is 1.76. The number of fused-ring (bicyclic) bond motifs is 1. The molecule has 1 saturated carbocycles. The minimum Gasteiger partial charge on any atom is -0.310 e. The van der Waals surface area contributed by atoms with Gasteiger partial charge in [0.15, 0.2) is 0 Å². The standard InChI is InChI=1S/C15H25N3S/c1-2-13(15-16-7-8-19-15)17-10-12-9-11-5-3-4-6-14(11)18-12/h7-8,11-14,17-18H,2-6,9-10H2,1H3. The molecule has 2 heterocycles. The highest BCUT2D eigenvalue weighted by atomic mass is 32.1. The Balaban J connectivity index is 1.49. The third-order valence-corrected chi connectivity index (χ3v) is 5.60. The number of rotatable bonds is 5. The number of thiazole rings is 1. The van der Waals surface area contributed by atoms with Crippen LogP contribution in [0.2, 0.25) is 0 Å². The predicted molar refractivity (Wildman–Crippen MR) is 80.4 cm³/mol. The van der Waals surface area contributed by atoms with E-state index in [1.807, 2.05) is 6.20 Å². The molecule has 1 aliphatic heterocycles. The zero-order valence-electron chi connectivity index (χ0n) is 11.8. The second-order valence-electron chi connectivity index (χ2n) is 5.99. The quantitative estimate of drug-likeness (QED) is 0.869. The highest BCUT2D eigenvalue weighted by Gasteiger charge is 2.34. The van der Waals surface area contributed by atoms with Crippen molar-refractivity contribution in [3.63, 3.8) is 0 Å². The smallest absolute Gasteiger partial charge is 0.109 e. The van der Waals surface area contributed by atoms with Gasteiger partial charge in [-0.2, -0.15) is 0 Å². The second-order valence-corrected chi connectivity index (χ2v) is 6.92. The lowest BCUT2D eigenvalue weighted by atomic mass is 9.85. The highest BCUT2D eigenvalue weighted by Crippen LogP contribution is 2.33. The van der Waals surface area contributed by atoms with Crippen LogP contribution in [-0.4, -0.2) is 23.6 Å². The summed E-state index contributed by atoms with van der Waals surface area (Å²) in [4.78, 5) is 4.44. The van der Waals surface area contributed by atoms with Gasteiger partial charge in [0.05, 0.1) is 6.04 Å². The minimum atomic E-state index is 0.435. The van der Waals surface area contributed by atoms with E-state index in [0.717, 1.165) is 24.9 Å². The Morgan fingerprint density at radius 3 is 3.11 bits per heavy atom. The van der Waals surface area contributed by atoms with E-state index >= 15 is 0 Å². The van der Waals surface area contributed by atoms with Crippen LogP contribution in [0.5, 0.6) is 0 Å². The molecule has 4 atom stereocenters. The summed E-state index contributed by atoms with van der Waals surface area (Å²) in [6.07, 6.45) is 10.1. The topological polar surface area (TPSA) is 37.0 Å². The van der Waals surface area contributed by atoms with E-state index < -0.39 is 0 Å². The first-order valence-electron chi connectivity index (χ1n) is 7.75. The number of hydrogen-bond acceptors (Lipinski definition) is 4. The maximum Gasteiger partial charge on any atom is 0.109 e. The zero-order valence-corrected chi connectivity index (χ0v) is 12.6. The van der Waals surface area contributed by atoms with Crippen molar-refractivity contribution in [1.82, 2.24) is 15.6 Å². The van der Waals surface area contributed by atoms with Gasteiger partial charge in [0.1, 0.15) is 5.01 Å². The Bertz CT molecular complexity index is 365. The first-order valence-corrected chi connectivity index (χ1v) is 8.63. The summed E-state index contributed by atoms with van der Waals surface area (Å²) in [6.45, 7) is 3.33. The van der Waals surface area contributed by atoms with Gasteiger partial charge >= 0.3 is 0 Å². The molecule has 19 heavy (non-hydrogen) atoms. The van der Waals surface area contributed by atoms with Crippen molar-refractivity contribution in [1.29, 1.82) is 0 Å². The van der Waals surface area contributed by atoms with Crippen molar-refractivity contribution in [3.8, 4) is 0 Å². The Hall–Kier alpha value is -0.450. The van der Waals surface area contributed by atoms with Crippen molar-refractivity contribution in [2.45, 2.75) is 63.6 Å². The molecule has 0 aromatic carbocycles. The average Bonchev–Trinajstić information content (AvgIpc) is 3.08. The molecule has 3 nitrogen and oxygen atoms in total. The molecule has 4 heteroatoms. The maximum absolute atomic E-state index is 4.44. The first-order chi connectivity index (χ1) is 9.36. The Morgan fingerprint density at radius 1 is 1.47 bits per heavy atom. The van der Waals surface area contributed by atoms with Crippen LogP contribution in [0.15, 0.2) is 11.6 Å². The summed E-state index contributed by atoms with van der Waals surface area (Å²) in [7, 11) is 0. The number of aromatic nitrogens is 1. The fourth-order valence-electron chi connectivity index (χ4n) is 3.69. The zero-order chi connectivity index (χ0) is 13.1. The molecule has 1 aromatic heterocycles. The lowest BCUT2D eigenvalue weighted by Crippen LogP contribution is -2.39. The summed E-state index contributed by atoms with van der Waals surface area (Å²) in [5.74, 6) is 0.945. The number of nitrogens with zero attached hydrogens (tertiary/aromatic N) is 1. The van der Waals surface area contributed by atoms with Gasteiger partial charge in [-0.25, -0.2) is 4.98 Å². The van der Waals surface area contributed by atoms with Gasteiger partial charge in [-0.3, -0.25) is 0 Å². The lowest BCUT2D eigenvalue weighted by molar-refractivity contribution is 0.325. The highest BCUT2D eigenvalue weighted by molar-refractivity contribution is 7.09. The molecular weight excluding hydrogens is 254 g/mol. The van der Waals surface area contributed by atoms with E-state index in [4.69, 9.17) is 0 Å². The van der Waals surface area contributed by atoms with Crippen LogP contribution < -0.4 is 10.6 Å². The van der Waals surface area contributed by atoms with E-state index in [1.54, 1.807) is 11.3 Å². The number of nitrogens with one attached hydrogen (secondary N) is 2. The normalized spacial score (nSPS) is 32.2. The van der Waals surface area contributed by atoms with E-state index in [1.165, 1.54) is 37.1 Å². The first kappa shape index (κ1) is 13.5. The largest absolute Gasteiger partial charge is 0.310 e. The number of hydrogen-bond donors (Lipinski definition) is 2. The van der Waals surface area contributed by atoms with Gasteiger partial charge in [-0.1, -0.05) is 19.8 Å². The Labute approximate surface area is 120 Å². The second kappa shape index (κ2) is 6.33. The third kappa shape index (κ3) is 3.18. The van der Waals surface area contributed by atoms with E-state index in [-0.39, 0.29) is 0 Å². The SMILES string of the molecule is CCC(NCC1CC2CCCCC2N1)c1nccs1. The van der Waals surface area contributed by atoms with Crippen molar-refractivity contribution < 1.29 is 0 Å². The van der Waals surface area contributed by atoms with Crippen molar-refractivity contribution in [3.05, 3.63) is 16.6 Å². The molecule has 2 fully saturated rings. The van der Waals surface area contributed by atoms with Crippen LogP contribution in [0.1, 0.15) is 56.5 Å². The Kier molecular flexibility index (Phi) is 4.51. The van der Waals surface area contributed by atoms with Gasteiger partial charge in [0.2, 0.25) is 0 Å². The minimum absolute atomic E-state index is 0.435. The van der Waals surface area contributed by atoms with Gasteiger partial charge < -0.3 is 10.6 Å². The van der Waals surface area contributed by atoms with Crippen molar-refractivity contribution in [2.75, 3.05) is 6.54 Å². The molecule has 0 radical (unpaired) electrons. The van der Waals surface area contributed by atoms with E-state index in [0.29, 0.717) is 12.1 Å². The van der Waals surface area contributed by atoms with Gasteiger partial charge in [0, 0.05) is 30.2 Å². The summed E-state index contributed by atoms with van der Waals surface area (Å²) < 4.78 is 0. The molecule has 0 spiro atoms. The molecule has 1 aliphatic carbocycles. The van der Waals surface area contributed by atoms with Gasteiger partial charge in [0.25, 0.3) is 0 Å². The average molecular weight is 279 g/mol. The Morgan fingerprint density at radius 2 is 2.37 bits per heavy atom. The van der Waals surface area contributed by atoms with E-state index in [9.17, 15) is 0 Å². The van der Waals surface area contributed by atoms with Crippen LogP contribution in [0, 0.1) is 5.92 Å². The molecule has 3 rings (SSSR count). The maximum atomic E-state index is 4.44. The molecule has 1 saturated heterocycles. The van der Waals surface area contributed by atoms with Crippen LogP contribution in [-0.2, 0) is 0 Å². The molecule has 4 unspecified atom stereocenters. The molecule has 2 aliphatic rings. The molecule has 0 bridgehead atoms. The van der Waals surface area contributed by atoms with Crippen molar-refractivity contribution >= 4 is 11.3 Å². The van der Waals surface area contributed by atoms with Crippen molar-refractivity contribution in [2.24, 2.45) is 5.92 Å². The summed E-state index contributed by atoms with van der Waals surface area (Å²) in [5.41, 5.74) is 0. The van der Waals surface area contributed by atoms with Crippen LogP contribution >= 0.6 is 11.3 Å². The molecular formula is C15H25N3S. The fourth-order valence-corrected chi connectivity index (χ4v) is 4.48. The molecule has 106 valence electrons. The van der Waals surface area contributed by atoms with Gasteiger partial charge in [-0.05, 0) is 31.6 Å². The van der Waals surface area contributed by atoms with Gasteiger partial charge in [-0.15, -0.1) is 11.3 Å². The fraction of sp³-hybridized carbons (Fsp3) is 0.800. The molecule has 2 N–H and O–H groups in total. The van der Waals surface area contributed by atoms with Crippen LogP contribution in [0.4, 0.5) is 0 Å². The predicted octanol–water partition coefficient (Wildman–Crippen LogP) is 3.10. The van der Waals surface area contributed by atoms with Crippen LogP contribution in [0.25, 0.3) is 0 Å². The molecule has 0 amide bonds. The summed E-state index contributed by atoms with van der Waals surface area (Å²) in [6, 6.07) is 1.91. The molecule has 1 aromatic rings. The van der Waals surface area contributed by atoms with Crippen LogP contribution in [0.3, 0.4) is 0 Å².